The van der Waals surface area contributed by atoms with E-state index in [-0.39, 0.29) is 5.41 Å². The minimum absolute atomic E-state index is 0.244. The molecule has 276 valence electrons. The fraction of sp³-hybridized carbons (Fsp3) is 0.0545. The average molecular weight is 761 g/mol. The molecule has 9 aromatic carbocycles. The van der Waals surface area contributed by atoms with E-state index in [9.17, 15) is 0 Å². The molecule has 0 atom stereocenters. The molecular weight excluding hydrogens is 721 g/mol. The van der Waals surface area contributed by atoms with E-state index in [1.165, 1.54) is 81.4 Å². The van der Waals surface area contributed by atoms with E-state index in [1.54, 1.807) is 0 Å². The van der Waals surface area contributed by atoms with Crippen molar-refractivity contribution in [1.82, 2.24) is 0 Å². The van der Waals surface area contributed by atoms with Gasteiger partial charge in [-0.2, -0.15) is 0 Å². The predicted molar refractivity (Wildman–Crippen MR) is 249 cm³/mol. The minimum Gasteiger partial charge on any atom is -0.310 e. The van der Waals surface area contributed by atoms with Crippen LogP contribution in [-0.2, 0) is 5.41 Å². The van der Waals surface area contributed by atoms with Gasteiger partial charge >= 0.3 is 0 Å². The lowest BCUT2D eigenvalue weighted by Gasteiger charge is -2.43. The number of para-hydroxylation sites is 2. The number of anilines is 6. The Kier molecular flexibility index (Phi) is 8.06. The Bertz CT molecular complexity index is 3140. The smallest absolute Gasteiger partial charge is 0.0619 e. The lowest BCUT2D eigenvalue weighted by Crippen LogP contribution is -2.31. The maximum absolute atomic E-state index is 2.57. The van der Waals surface area contributed by atoms with Crippen molar-refractivity contribution in [1.29, 1.82) is 0 Å². The summed E-state index contributed by atoms with van der Waals surface area (Å²) in [4.78, 5) is 4.97. The fourth-order valence-corrected chi connectivity index (χ4v) is 10.4. The van der Waals surface area contributed by atoms with E-state index >= 15 is 0 Å². The summed E-state index contributed by atoms with van der Waals surface area (Å²) in [6.45, 7) is 4.75. The van der Waals surface area contributed by atoms with Crippen molar-refractivity contribution in [3.63, 3.8) is 0 Å². The van der Waals surface area contributed by atoms with Crippen molar-refractivity contribution < 1.29 is 0 Å². The lowest BCUT2D eigenvalue weighted by atomic mass is 9.73. The zero-order valence-electron chi connectivity index (χ0n) is 32.4. The van der Waals surface area contributed by atoms with Crippen LogP contribution in [0.25, 0.3) is 53.2 Å². The highest BCUT2D eigenvalue weighted by Crippen LogP contribution is 2.57. The molecule has 1 aliphatic rings. The molecule has 10 aromatic rings. The van der Waals surface area contributed by atoms with E-state index < -0.39 is 0 Å². The third kappa shape index (κ3) is 5.46. The maximum atomic E-state index is 2.57. The monoisotopic (exact) mass is 760 g/mol. The molecule has 58 heavy (non-hydrogen) atoms. The van der Waals surface area contributed by atoms with E-state index in [0.717, 1.165) is 17.1 Å². The van der Waals surface area contributed by atoms with Crippen LogP contribution in [0, 0.1) is 0 Å². The van der Waals surface area contributed by atoms with Crippen LogP contribution in [0.1, 0.15) is 25.0 Å². The molecule has 11 rings (SSSR count). The quantitative estimate of drug-likeness (QED) is 0.167. The number of benzene rings is 9. The summed E-state index contributed by atoms with van der Waals surface area (Å²) in [6, 6.07) is 75.6. The second-order valence-electron chi connectivity index (χ2n) is 15.7. The van der Waals surface area contributed by atoms with E-state index in [2.05, 4.69) is 230 Å². The molecule has 0 N–H and O–H groups in total. The van der Waals surface area contributed by atoms with Gasteiger partial charge in [-0.3, -0.25) is 0 Å². The van der Waals surface area contributed by atoms with E-state index in [4.69, 9.17) is 0 Å². The van der Waals surface area contributed by atoms with Gasteiger partial charge in [0.25, 0.3) is 0 Å². The largest absolute Gasteiger partial charge is 0.310 e. The molecule has 0 spiro atoms. The highest BCUT2D eigenvalue weighted by Gasteiger charge is 2.38. The molecule has 1 aliphatic heterocycles. The minimum atomic E-state index is -0.244. The van der Waals surface area contributed by atoms with E-state index in [1.807, 2.05) is 11.3 Å². The summed E-state index contributed by atoms with van der Waals surface area (Å²) < 4.78 is 2.62. The summed E-state index contributed by atoms with van der Waals surface area (Å²) in [5.74, 6) is 0. The molecule has 0 radical (unpaired) electrons. The van der Waals surface area contributed by atoms with Crippen LogP contribution in [-0.4, -0.2) is 0 Å². The molecular formula is C55H40N2S. The van der Waals surface area contributed by atoms with Gasteiger partial charge in [-0.05, 0) is 76.2 Å². The van der Waals surface area contributed by atoms with Crippen molar-refractivity contribution in [3.05, 3.63) is 217 Å². The molecule has 2 nitrogen and oxygen atoms in total. The van der Waals surface area contributed by atoms with Crippen molar-refractivity contribution in [2.75, 3.05) is 9.80 Å². The summed E-state index contributed by atoms with van der Waals surface area (Å²) in [5.41, 5.74) is 14.1. The van der Waals surface area contributed by atoms with Crippen LogP contribution in [0.2, 0.25) is 0 Å². The zero-order valence-corrected chi connectivity index (χ0v) is 33.2. The summed E-state index contributed by atoms with van der Waals surface area (Å²) in [7, 11) is 0. The average Bonchev–Trinajstić information content (AvgIpc) is 3.67. The second kappa shape index (κ2) is 13.6. The van der Waals surface area contributed by atoms with Crippen molar-refractivity contribution in [2.24, 2.45) is 0 Å². The SMILES string of the molecule is CC1(C)c2ccccc2N(c2c(-c3cccc4c3sc3ccccc34)ccc3ccccc23)c2cc(N(c3ccccc3)c3ccc(-c4ccccc4)cc3)ccc21. The Morgan fingerprint density at radius 1 is 0.431 bits per heavy atom. The molecule has 0 unspecified atom stereocenters. The molecule has 0 saturated carbocycles. The standard InChI is InChI=1S/C55H40N2S/c1-55(2)48-25-12-13-26-50(48)57(53-43-21-10-9-18-39(43)30-34-45(53)47-24-15-23-46-44-22-11-14-27-52(44)58-54(46)47)51-36-42(33-35-49(51)55)56(40-19-7-4-8-20-40)41-31-28-38(29-32-41)37-16-5-3-6-17-37/h3-36H,1-2H3. The third-order valence-electron chi connectivity index (χ3n) is 12.0. The Hall–Kier alpha value is -6.94. The molecule has 3 heteroatoms. The number of fused-ring (bicyclic) bond motifs is 6. The van der Waals surface area contributed by atoms with Crippen LogP contribution >= 0.6 is 11.3 Å². The van der Waals surface area contributed by atoms with Gasteiger partial charge in [0.2, 0.25) is 0 Å². The maximum Gasteiger partial charge on any atom is 0.0619 e. The molecule has 0 fully saturated rings. The van der Waals surface area contributed by atoms with Crippen molar-refractivity contribution >= 4 is 76.4 Å². The number of thiophene rings is 1. The molecule has 1 aromatic heterocycles. The van der Waals surface area contributed by atoms with Crippen molar-refractivity contribution in [3.8, 4) is 22.3 Å². The Labute approximate surface area is 343 Å². The van der Waals surface area contributed by atoms with Gasteiger partial charge in [-0.15, -0.1) is 11.3 Å². The number of rotatable bonds is 6. The van der Waals surface area contributed by atoms with Crippen molar-refractivity contribution in [2.45, 2.75) is 19.3 Å². The number of nitrogens with zero attached hydrogens (tertiary/aromatic N) is 2. The first-order chi connectivity index (χ1) is 28.5. The first kappa shape index (κ1) is 34.3. The Balaban J connectivity index is 1.17. The molecule has 0 bridgehead atoms. The van der Waals surface area contributed by atoms with Gasteiger partial charge < -0.3 is 9.80 Å². The van der Waals surface area contributed by atoms with Crippen LogP contribution in [0.4, 0.5) is 34.1 Å². The number of hydrogen-bond donors (Lipinski definition) is 0. The van der Waals surface area contributed by atoms with Crippen LogP contribution in [0.15, 0.2) is 206 Å². The van der Waals surface area contributed by atoms with Gasteiger partial charge in [0, 0.05) is 59.2 Å². The van der Waals surface area contributed by atoms with Gasteiger partial charge in [0.15, 0.2) is 0 Å². The van der Waals surface area contributed by atoms with Gasteiger partial charge in [0.05, 0.1) is 17.1 Å². The molecule has 2 heterocycles. The first-order valence-corrected chi connectivity index (χ1v) is 20.8. The lowest BCUT2D eigenvalue weighted by molar-refractivity contribution is 0.632. The fourth-order valence-electron chi connectivity index (χ4n) is 9.22. The van der Waals surface area contributed by atoms with Gasteiger partial charge in [-0.1, -0.05) is 172 Å². The second-order valence-corrected chi connectivity index (χ2v) is 16.8. The third-order valence-corrected chi connectivity index (χ3v) is 13.3. The van der Waals surface area contributed by atoms with E-state index in [0.29, 0.717) is 0 Å². The summed E-state index contributed by atoms with van der Waals surface area (Å²) >= 11 is 1.89. The molecule has 0 amide bonds. The molecule has 0 aliphatic carbocycles. The summed E-state index contributed by atoms with van der Waals surface area (Å²) in [5, 5.41) is 5.05. The number of hydrogen-bond acceptors (Lipinski definition) is 3. The predicted octanol–water partition coefficient (Wildman–Crippen LogP) is 16.1. The van der Waals surface area contributed by atoms with Crippen LogP contribution in [0.5, 0.6) is 0 Å². The topological polar surface area (TPSA) is 6.48 Å². The first-order valence-electron chi connectivity index (χ1n) is 20.0. The highest BCUT2D eigenvalue weighted by atomic mass is 32.1. The Morgan fingerprint density at radius 2 is 1.05 bits per heavy atom. The van der Waals surface area contributed by atoms with Crippen LogP contribution in [0.3, 0.4) is 0 Å². The molecule has 0 saturated heterocycles. The summed E-state index contributed by atoms with van der Waals surface area (Å²) in [6.07, 6.45) is 0. The van der Waals surface area contributed by atoms with Crippen LogP contribution < -0.4 is 9.80 Å². The van der Waals surface area contributed by atoms with Gasteiger partial charge in [0.1, 0.15) is 0 Å². The van der Waals surface area contributed by atoms with Gasteiger partial charge in [-0.25, -0.2) is 0 Å². The Morgan fingerprint density at radius 3 is 1.88 bits per heavy atom. The normalized spacial score (nSPS) is 13.1. The highest BCUT2D eigenvalue weighted by molar-refractivity contribution is 7.26. The zero-order chi connectivity index (χ0) is 38.8.